The molecule has 0 spiro atoms. The van der Waals surface area contributed by atoms with Gasteiger partial charge in [-0.1, -0.05) is 20.8 Å². The van der Waals surface area contributed by atoms with Crippen LogP contribution in [0.4, 0.5) is 0 Å². The Balaban J connectivity index is 1.98. The molecular formula is C13H25N5. The minimum Gasteiger partial charge on any atom is -0.310 e. The topological polar surface area (TPSA) is 55.6 Å². The molecule has 5 nitrogen and oxygen atoms in total. The van der Waals surface area contributed by atoms with Crippen molar-refractivity contribution in [2.75, 3.05) is 6.54 Å². The van der Waals surface area contributed by atoms with Crippen molar-refractivity contribution in [3.8, 4) is 0 Å². The maximum atomic E-state index is 4.19. The van der Waals surface area contributed by atoms with Crippen molar-refractivity contribution in [3.05, 3.63) is 5.82 Å². The van der Waals surface area contributed by atoms with Gasteiger partial charge < -0.3 is 5.32 Å². The number of hydrogen-bond donors (Lipinski definition) is 1. The van der Waals surface area contributed by atoms with E-state index in [0.717, 1.165) is 37.2 Å². The highest BCUT2D eigenvalue weighted by molar-refractivity contribution is 4.87. The zero-order chi connectivity index (χ0) is 13.0. The molecule has 1 saturated carbocycles. The third-order valence-corrected chi connectivity index (χ3v) is 4.19. The Morgan fingerprint density at radius 1 is 1.28 bits per heavy atom. The molecule has 2 rings (SSSR count). The second kappa shape index (κ2) is 6.27. The van der Waals surface area contributed by atoms with Gasteiger partial charge >= 0.3 is 0 Å². The Hall–Kier alpha value is -0.970. The normalized spacial score (nSPS) is 28.5. The second-order valence-electron chi connectivity index (χ2n) is 5.64. The lowest BCUT2D eigenvalue weighted by atomic mass is 9.79. The number of aromatic nitrogens is 4. The average Bonchev–Trinajstić information content (AvgIpc) is 2.81. The summed E-state index contributed by atoms with van der Waals surface area (Å²) < 4.78 is 2.05. The van der Waals surface area contributed by atoms with E-state index in [0.29, 0.717) is 6.04 Å². The fourth-order valence-corrected chi connectivity index (χ4v) is 2.73. The molecule has 1 aliphatic carbocycles. The van der Waals surface area contributed by atoms with Crippen LogP contribution < -0.4 is 5.32 Å². The summed E-state index contributed by atoms with van der Waals surface area (Å²) in [5, 5.41) is 15.6. The van der Waals surface area contributed by atoms with E-state index in [1.54, 1.807) is 0 Å². The molecular weight excluding hydrogens is 226 g/mol. The van der Waals surface area contributed by atoms with Crippen LogP contribution in [-0.4, -0.2) is 26.8 Å². The van der Waals surface area contributed by atoms with Crippen LogP contribution >= 0.6 is 0 Å². The first-order valence-corrected chi connectivity index (χ1v) is 7.19. The van der Waals surface area contributed by atoms with Gasteiger partial charge in [0, 0.05) is 0 Å². The molecule has 18 heavy (non-hydrogen) atoms. The fourth-order valence-electron chi connectivity index (χ4n) is 2.73. The van der Waals surface area contributed by atoms with E-state index in [1.807, 2.05) is 4.68 Å². The van der Waals surface area contributed by atoms with E-state index in [4.69, 9.17) is 0 Å². The van der Waals surface area contributed by atoms with Crippen molar-refractivity contribution in [1.82, 2.24) is 25.5 Å². The molecule has 1 aromatic rings. The molecule has 0 amide bonds. The minimum absolute atomic E-state index is 0.490. The van der Waals surface area contributed by atoms with Crippen LogP contribution in [0.3, 0.4) is 0 Å². The van der Waals surface area contributed by atoms with E-state index >= 15 is 0 Å². The fraction of sp³-hybridized carbons (Fsp3) is 0.923. The van der Waals surface area contributed by atoms with Crippen molar-refractivity contribution >= 4 is 0 Å². The molecule has 1 aromatic heterocycles. The van der Waals surface area contributed by atoms with Crippen molar-refractivity contribution in [2.24, 2.45) is 11.8 Å². The molecule has 1 N–H and O–H groups in total. The van der Waals surface area contributed by atoms with Gasteiger partial charge in [0.25, 0.3) is 0 Å². The van der Waals surface area contributed by atoms with Gasteiger partial charge in [0.05, 0.1) is 12.6 Å². The Labute approximate surface area is 109 Å². The molecule has 0 aliphatic heterocycles. The maximum Gasteiger partial charge on any atom is 0.165 e. The lowest BCUT2D eigenvalue weighted by molar-refractivity contribution is 0.195. The van der Waals surface area contributed by atoms with Gasteiger partial charge in [0.15, 0.2) is 5.82 Å². The number of nitrogens with one attached hydrogen (secondary N) is 1. The highest BCUT2D eigenvalue weighted by Crippen LogP contribution is 2.35. The zero-order valence-electron chi connectivity index (χ0n) is 11.8. The first-order valence-electron chi connectivity index (χ1n) is 7.19. The van der Waals surface area contributed by atoms with Gasteiger partial charge in [0.2, 0.25) is 0 Å². The summed E-state index contributed by atoms with van der Waals surface area (Å²) >= 11 is 0. The molecule has 0 radical (unpaired) electrons. The van der Waals surface area contributed by atoms with Crippen LogP contribution in [0, 0.1) is 11.8 Å². The van der Waals surface area contributed by atoms with Crippen LogP contribution in [0.25, 0.3) is 0 Å². The van der Waals surface area contributed by atoms with Crippen LogP contribution in [0.1, 0.15) is 58.3 Å². The summed E-state index contributed by atoms with van der Waals surface area (Å²) in [5.41, 5.74) is 0. The summed E-state index contributed by atoms with van der Waals surface area (Å²) in [7, 11) is 0. The largest absolute Gasteiger partial charge is 0.310 e. The van der Waals surface area contributed by atoms with Crippen LogP contribution in [0.5, 0.6) is 0 Å². The van der Waals surface area contributed by atoms with E-state index in [2.05, 4.69) is 41.6 Å². The Bertz CT molecular complexity index is 362. The third kappa shape index (κ3) is 3.07. The number of tetrazole rings is 1. The molecule has 0 bridgehead atoms. The predicted molar refractivity (Wildman–Crippen MR) is 71.0 cm³/mol. The zero-order valence-corrected chi connectivity index (χ0v) is 11.8. The van der Waals surface area contributed by atoms with Crippen molar-refractivity contribution in [2.45, 2.75) is 59.0 Å². The SMILES string of the molecule is CCCNCc1nnnn1C1CCC(C)C(C)C1. The summed E-state index contributed by atoms with van der Waals surface area (Å²) in [5.74, 6) is 2.58. The summed E-state index contributed by atoms with van der Waals surface area (Å²) in [6.45, 7) is 8.66. The molecule has 102 valence electrons. The summed E-state index contributed by atoms with van der Waals surface area (Å²) in [6, 6.07) is 0.490. The Morgan fingerprint density at radius 2 is 2.11 bits per heavy atom. The van der Waals surface area contributed by atoms with Gasteiger partial charge in [-0.3, -0.25) is 0 Å². The standard InChI is InChI=1S/C13H25N5/c1-4-7-14-9-13-15-16-17-18(13)12-6-5-10(2)11(3)8-12/h10-12,14H,4-9H2,1-3H3. The van der Waals surface area contributed by atoms with Crippen LogP contribution in [0.15, 0.2) is 0 Å². The van der Waals surface area contributed by atoms with E-state index < -0.39 is 0 Å². The van der Waals surface area contributed by atoms with Crippen LogP contribution in [0.2, 0.25) is 0 Å². The molecule has 3 unspecified atom stereocenters. The monoisotopic (exact) mass is 251 g/mol. The summed E-state index contributed by atoms with van der Waals surface area (Å²) in [4.78, 5) is 0. The Morgan fingerprint density at radius 3 is 2.83 bits per heavy atom. The molecule has 0 saturated heterocycles. The molecule has 1 fully saturated rings. The molecule has 5 heteroatoms. The quantitative estimate of drug-likeness (QED) is 0.815. The van der Waals surface area contributed by atoms with E-state index in [1.165, 1.54) is 19.3 Å². The van der Waals surface area contributed by atoms with Gasteiger partial charge in [-0.05, 0) is 54.5 Å². The Kier molecular flexibility index (Phi) is 4.69. The lowest BCUT2D eigenvalue weighted by Crippen LogP contribution is -2.27. The number of rotatable bonds is 5. The maximum absolute atomic E-state index is 4.19. The van der Waals surface area contributed by atoms with E-state index in [9.17, 15) is 0 Å². The molecule has 0 aromatic carbocycles. The number of nitrogens with zero attached hydrogens (tertiary/aromatic N) is 4. The van der Waals surface area contributed by atoms with Crippen molar-refractivity contribution in [1.29, 1.82) is 0 Å². The number of hydrogen-bond acceptors (Lipinski definition) is 4. The molecule has 1 heterocycles. The van der Waals surface area contributed by atoms with Gasteiger partial charge in [-0.25, -0.2) is 4.68 Å². The average molecular weight is 251 g/mol. The second-order valence-corrected chi connectivity index (χ2v) is 5.64. The first-order chi connectivity index (χ1) is 8.72. The van der Waals surface area contributed by atoms with Gasteiger partial charge in [0.1, 0.15) is 0 Å². The van der Waals surface area contributed by atoms with Gasteiger partial charge in [-0.15, -0.1) is 5.10 Å². The highest BCUT2D eigenvalue weighted by Gasteiger charge is 2.27. The third-order valence-electron chi connectivity index (χ3n) is 4.19. The first kappa shape index (κ1) is 13.5. The minimum atomic E-state index is 0.490. The van der Waals surface area contributed by atoms with E-state index in [-0.39, 0.29) is 0 Å². The van der Waals surface area contributed by atoms with Gasteiger partial charge in [-0.2, -0.15) is 0 Å². The summed E-state index contributed by atoms with van der Waals surface area (Å²) in [6.07, 6.45) is 4.83. The predicted octanol–water partition coefficient (Wildman–Crippen LogP) is 2.17. The van der Waals surface area contributed by atoms with Crippen LogP contribution in [-0.2, 0) is 6.54 Å². The van der Waals surface area contributed by atoms with Crippen molar-refractivity contribution in [3.63, 3.8) is 0 Å². The molecule has 1 aliphatic rings. The smallest absolute Gasteiger partial charge is 0.165 e. The van der Waals surface area contributed by atoms with Crippen molar-refractivity contribution < 1.29 is 0 Å². The highest BCUT2D eigenvalue weighted by atomic mass is 15.6. The lowest BCUT2D eigenvalue weighted by Gasteiger charge is -2.32. The molecule has 3 atom stereocenters.